The van der Waals surface area contributed by atoms with Crippen molar-refractivity contribution in [1.29, 1.82) is 0 Å². The molecule has 0 aromatic heterocycles. The SMILES string of the molecule is CCC1(CO)CCN(Cc2c(F)cccc2N2CCCC2)CC1. The molecule has 0 atom stereocenters. The van der Waals surface area contributed by atoms with Crippen molar-refractivity contribution in [3.05, 3.63) is 29.6 Å². The van der Waals surface area contributed by atoms with E-state index in [4.69, 9.17) is 0 Å². The molecule has 0 radical (unpaired) electrons. The average Bonchev–Trinajstić information content (AvgIpc) is 3.12. The van der Waals surface area contributed by atoms with Crippen molar-refractivity contribution >= 4 is 5.69 Å². The van der Waals surface area contributed by atoms with E-state index < -0.39 is 0 Å². The summed E-state index contributed by atoms with van der Waals surface area (Å²) in [7, 11) is 0. The number of hydrogen-bond acceptors (Lipinski definition) is 3. The van der Waals surface area contributed by atoms with Crippen LogP contribution in [0.3, 0.4) is 0 Å². The van der Waals surface area contributed by atoms with Gasteiger partial charge in [0.05, 0.1) is 0 Å². The monoisotopic (exact) mass is 320 g/mol. The molecule has 2 aliphatic heterocycles. The van der Waals surface area contributed by atoms with Gasteiger partial charge < -0.3 is 10.0 Å². The summed E-state index contributed by atoms with van der Waals surface area (Å²) in [5.74, 6) is -0.0797. The maximum Gasteiger partial charge on any atom is 0.129 e. The molecule has 2 fully saturated rings. The molecule has 128 valence electrons. The fourth-order valence-corrected chi connectivity index (χ4v) is 3.99. The van der Waals surface area contributed by atoms with Gasteiger partial charge in [-0.1, -0.05) is 13.0 Å². The van der Waals surface area contributed by atoms with Crippen molar-refractivity contribution in [3.8, 4) is 0 Å². The summed E-state index contributed by atoms with van der Waals surface area (Å²) in [4.78, 5) is 4.67. The van der Waals surface area contributed by atoms with Crippen LogP contribution in [0.4, 0.5) is 10.1 Å². The number of halogens is 1. The Morgan fingerprint density at radius 2 is 1.83 bits per heavy atom. The van der Waals surface area contributed by atoms with E-state index in [2.05, 4.69) is 22.8 Å². The zero-order chi connectivity index (χ0) is 16.3. The maximum absolute atomic E-state index is 14.4. The van der Waals surface area contributed by atoms with Gasteiger partial charge >= 0.3 is 0 Å². The topological polar surface area (TPSA) is 26.7 Å². The minimum atomic E-state index is -0.0797. The van der Waals surface area contributed by atoms with Crippen LogP contribution in [-0.4, -0.2) is 42.8 Å². The largest absolute Gasteiger partial charge is 0.396 e. The molecular formula is C19H29FN2O. The molecule has 0 bridgehead atoms. The fraction of sp³-hybridized carbons (Fsp3) is 0.684. The number of anilines is 1. The molecule has 3 nitrogen and oxygen atoms in total. The van der Waals surface area contributed by atoms with Crippen molar-refractivity contribution < 1.29 is 9.50 Å². The van der Waals surface area contributed by atoms with Crippen LogP contribution in [0.1, 0.15) is 44.6 Å². The lowest BCUT2D eigenvalue weighted by atomic mass is 9.77. The molecule has 3 rings (SSSR count). The molecule has 23 heavy (non-hydrogen) atoms. The molecule has 0 unspecified atom stereocenters. The second kappa shape index (κ2) is 7.18. The molecule has 0 saturated carbocycles. The summed E-state index contributed by atoms with van der Waals surface area (Å²) >= 11 is 0. The van der Waals surface area contributed by atoms with Gasteiger partial charge in [-0.3, -0.25) is 4.90 Å². The Labute approximate surface area is 139 Å². The van der Waals surface area contributed by atoms with Gasteiger partial charge in [0.2, 0.25) is 0 Å². The minimum Gasteiger partial charge on any atom is -0.396 e. The van der Waals surface area contributed by atoms with Crippen LogP contribution in [0.2, 0.25) is 0 Å². The van der Waals surface area contributed by atoms with Crippen LogP contribution in [0.5, 0.6) is 0 Å². The zero-order valence-corrected chi connectivity index (χ0v) is 14.2. The molecule has 4 heteroatoms. The molecule has 1 aromatic rings. The summed E-state index contributed by atoms with van der Waals surface area (Å²) in [5.41, 5.74) is 2.02. The predicted molar refractivity (Wildman–Crippen MR) is 92.2 cm³/mol. The summed E-state index contributed by atoms with van der Waals surface area (Å²) in [6.45, 7) is 7.10. The van der Waals surface area contributed by atoms with E-state index in [1.54, 1.807) is 6.07 Å². The third kappa shape index (κ3) is 3.53. The number of benzene rings is 1. The van der Waals surface area contributed by atoms with E-state index in [1.807, 2.05) is 6.07 Å². The zero-order valence-electron chi connectivity index (χ0n) is 14.2. The van der Waals surface area contributed by atoms with Gasteiger partial charge in [-0.15, -0.1) is 0 Å². The van der Waals surface area contributed by atoms with Gasteiger partial charge in [-0.25, -0.2) is 4.39 Å². The van der Waals surface area contributed by atoms with Gasteiger partial charge in [0.1, 0.15) is 5.82 Å². The van der Waals surface area contributed by atoms with Crippen LogP contribution >= 0.6 is 0 Å². The third-order valence-electron chi connectivity index (χ3n) is 5.92. The highest BCUT2D eigenvalue weighted by atomic mass is 19.1. The van der Waals surface area contributed by atoms with E-state index in [0.29, 0.717) is 6.54 Å². The van der Waals surface area contributed by atoms with Crippen LogP contribution in [-0.2, 0) is 6.54 Å². The van der Waals surface area contributed by atoms with Crippen molar-refractivity contribution in [2.45, 2.75) is 45.6 Å². The number of rotatable bonds is 5. The minimum absolute atomic E-state index is 0.0797. The number of piperidine rings is 1. The first-order valence-electron chi connectivity index (χ1n) is 9.03. The van der Waals surface area contributed by atoms with Gasteiger partial charge in [0.25, 0.3) is 0 Å². The molecular weight excluding hydrogens is 291 g/mol. The summed E-state index contributed by atoms with van der Waals surface area (Å²) in [6, 6.07) is 5.48. The Hall–Kier alpha value is -1.13. The van der Waals surface area contributed by atoms with Gasteiger partial charge in [0, 0.05) is 37.5 Å². The number of hydrogen-bond donors (Lipinski definition) is 1. The molecule has 0 aliphatic carbocycles. The summed E-state index contributed by atoms with van der Waals surface area (Å²) in [5, 5.41) is 9.66. The molecule has 2 saturated heterocycles. The smallest absolute Gasteiger partial charge is 0.129 e. The highest BCUT2D eigenvalue weighted by Gasteiger charge is 2.32. The second-order valence-electron chi connectivity index (χ2n) is 7.22. The van der Waals surface area contributed by atoms with E-state index in [1.165, 1.54) is 12.8 Å². The normalized spacial score (nSPS) is 21.8. The summed E-state index contributed by atoms with van der Waals surface area (Å²) in [6.07, 6.45) is 5.45. The lowest BCUT2D eigenvalue weighted by molar-refractivity contribution is 0.0379. The Morgan fingerprint density at radius 3 is 2.43 bits per heavy atom. The summed E-state index contributed by atoms with van der Waals surface area (Å²) < 4.78 is 14.4. The highest BCUT2D eigenvalue weighted by Crippen LogP contribution is 2.35. The van der Waals surface area contributed by atoms with Crippen molar-refractivity contribution in [1.82, 2.24) is 4.90 Å². The fourth-order valence-electron chi connectivity index (χ4n) is 3.99. The van der Waals surface area contributed by atoms with E-state index in [0.717, 1.165) is 56.7 Å². The Bertz CT molecular complexity index is 514. The van der Waals surface area contributed by atoms with Gasteiger partial charge in [-0.05, 0) is 62.7 Å². The Balaban J connectivity index is 1.71. The molecule has 0 amide bonds. The van der Waals surface area contributed by atoms with Crippen molar-refractivity contribution in [3.63, 3.8) is 0 Å². The highest BCUT2D eigenvalue weighted by molar-refractivity contribution is 5.54. The first kappa shape index (κ1) is 16.7. The number of aliphatic hydroxyl groups excluding tert-OH is 1. The lowest BCUT2D eigenvalue weighted by Crippen LogP contribution is -2.41. The van der Waals surface area contributed by atoms with Crippen LogP contribution in [0.15, 0.2) is 18.2 Å². The van der Waals surface area contributed by atoms with Crippen LogP contribution in [0, 0.1) is 11.2 Å². The first-order valence-corrected chi connectivity index (χ1v) is 9.03. The van der Waals surface area contributed by atoms with E-state index in [-0.39, 0.29) is 17.8 Å². The van der Waals surface area contributed by atoms with Crippen molar-refractivity contribution in [2.24, 2.45) is 5.41 Å². The Kier molecular flexibility index (Phi) is 5.22. The van der Waals surface area contributed by atoms with Crippen molar-refractivity contribution in [2.75, 3.05) is 37.7 Å². The quantitative estimate of drug-likeness (QED) is 0.900. The van der Waals surface area contributed by atoms with Crippen LogP contribution < -0.4 is 4.90 Å². The molecule has 2 heterocycles. The molecule has 2 aliphatic rings. The number of likely N-dealkylation sites (tertiary alicyclic amines) is 1. The predicted octanol–water partition coefficient (Wildman–Crippen LogP) is 3.41. The second-order valence-corrected chi connectivity index (χ2v) is 7.22. The van der Waals surface area contributed by atoms with E-state index >= 15 is 0 Å². The maximum atomic E-state index is 14.4. The average molecular weight is 320 g/mol. The number of aliphatic hydroxyl groups is 1. The third-order valence-corrected chi connectivity index (χ3v) is 5.92. The van der Waals surface area contributed by atoms with Gasteiger partial charge in [0.15, 0.2) is 0 Å². The number of nitrogens with zero attached hydrogens (tertiary/aromatic N) is 2. The van der Waals surface area contributed by atoms with Gasteiger partial charge in [-0.2, -0.15) is 0 Å². The van der Waals surface area contributed by atoms with E-state index in [9.17, 15) is 9.50 Å². The standard InChI is InChI=1S/C19H29FN2O/c1-2-19(15-23)8-12-21(13-9-19)14-16-17(20)6-5-7-18(16)22-10-3-4-11-22/h5-7,23H,2-4,8-15H2,1H3. The van der Waals surface area contributed by atoms with Crippen LogP contribution in [0.25, 0.3) is 0 Å². The molecule has 1 aromatic carbocycles. The molecule has 1 N–H and O–H groups in total. The Morgan fingerprint density at radius 1 is 1.13 bits per heavy atom. The first-order chi connectivity index (χ1) is 11.2. The molecule has 0 spiro atoms. The lowest BCUT2D eigenvalue weighted by Gasteiger charge is -2.40.